The third kappa shape index (κ3) is 2.80. The highest BCUT2D eigenvalue weighted by atomic mass is 35.5. The highest BCUT2D eigenvalue weighted by Crippen LogP contribution is 2.23. The number of rotatable bonds is 3. The average Bonchev–Trinajstić information content (AvgIpc) is 2.64. The van der Waals surface area contributed by atoms with Crippen molar-refractivity contribution in [2.24, 2.45) is 5.73 Å². The monoisotopic (exact) mass is 274 g/mol. The van der Waals surface area contributed by atoms with Crippen molar-refractivity contribution in [1.82, 2.24) is 4.72 Å². The molecule has 3 N–H and O–H groups in total. The second-order valence-corrected chi connectivity index (χ2v) is 6.34. The summed E-state index contributed by atoms with van der Waals surface area (Å²) in [6, 6.07) is 6.11. The predicted molar refractivity (Wildman–Crippen MR) is 67.4 cm³/mol. The molecule has 4 nitrogen and oxygen atoms in total. The van der Waals surface area contributed by atoms with E-state index < -0.39 is 10.0 Å². The molecule has 0 amide bonds. The van der Waals surface area contributed by atoms with Crippen LogP contribution in [0.2, 0.25) is 5.02 Å². The number of halogens is 1. The molecule has 0 aromatic heterocycles. The zero-order valence-electron chi connectivity index (χ0n) is 9.27. The lowest BCUT2D eigenvalue weighted by Gasteiger charge is -2.17. The molecule has 0 bridgehead atoms. The van der Waals surface area contributed by atoms with Crippen LogP contribution < -0.4 is 10.5 Å². The maximum atomic E-state index is 12.1. The highest BCUT2D eigenvalue weighted by Gasteiger charge is 2.29. The van der Waals surface area contributed by atoms with Crippen LogP contribution in [0.1, 0.15) is 19.3 Å². The minimum Gasteiger partial charge on any atom is -0.326 e. The Morgan fingerprint density at radius 1 is 1.29 bits per heavy atom. The molecule has 6 heteroatoms. The average molecular weight is 275 g/mol. The fraction of sp³-hybridized carbons (Fsp3) is 0.455. The smallest absolute Gasteiger partial charge is 0.242 e. The first-order valence-electron chi connectivity index (χ1n) is 5.53. The Bertz CT molecular complexity index is 504. The van der Waals surface area contributed by atoms with Crippen molar-refractivity contribution in [2.45, 2.75) is 36.2 Å². The van der Waals surface area contributed by atoms with Gasteiger partial charge in [0, 0.05) is 12.1 Å². The number of nitrogens with two attached hydrogens (primary N) is 1. The van der Waals surface area contributed by atoms with Gasteiger partial charge in [0.15, 0.2) is 0 Å². The summed E-state index contributed by atoms with van der Waals surface area (Å²) in [5.74, 6) is 0. The van der Waals surface area contributed by atoms with Crippen LogP contribution in [-0.4, -0.2) is 20.5 Å². The van der Waals surface area contributed by atoms with E-state index in [1.807, 2.05) is 0 Å². The standard InChI is InChI=1S/C11H15ClN2O2S/c12-8-4-1-2-7-11(8)17(15,16)14-10-6-3-5-9(10)13/h1-2,4,7,9-10,14H,3,5-6,13H2. The van der Waals surface area contributed by atoms with Gasteiger partial charge in [-0.15, -0.1) is 0 Å². The van der Waals surface area contributed by atoms with E-state index in [-0.39, 0.29) is 22.0 Å². The molecule has 1 aromatic rings. The van der Waals surface area contributed by atoms with Crippen molar-refractivity contribution in [3.8, 4) is 0 Å². The van der Waals surface area contributed by atoms with Gasteiger partial charge in [0.05, 0.1) is 5.02 Å². The molecule has 0 heterocycles. The second kappa shape index (κ2) is 4.94. The summed E-state index contributed by atoms with van der Waals surface area (Å²) in [5.41, 5.74) is 5.84. The summed E-state index contributed by atoms with van der Waals surface area (Å²) in [6.45, 7) is 0. The molecule has 1 aliphatic carbocycles. The van der Waals surface area contributed by atoms with Crippen LogP contribution in [0, 0.1) is 0 Å². The van der Waals surface area contributed by atoms with Crippen LogP contribution >= 0.6 is 11.6 Å². The SMILES string of the molecule is NC1CCCC1NS(=O)(=O)c1ccccc1Cl. The van der Waals surface area contributed by atoms with Gasteiger partial charge in [-0.2, -0.15) is 0 Å². The van der Waals surface area contributed by atoms with Gasteiger partial charge in [-0.05, 0) is 25.0 Å². The first-order valence-corrected chi connectivity index (χ1v) is 7.39. The zero-order chi connectivity index (χ0) is 12.5. The summed E-state index contributed by atoms with van der Waals surface area (Å²) in [7, 11) is -3.57. The summed E-state index contributed by atoms with van der Waals surface area (Å²) < 4.78 is 26.8. The topological polar surface area (TPSA) is 72.2 Å². The highest BCUT2D eigenvalue weighted by molar-refractivity contribution is 7.89. The van der Waals surface area contributed by atoms with Gasteiger partial charge in [0.25, 0.3) is 0 Å². The van der Waals surface area contributed by atoms with Crippen LogP contribution in [0.5, 0.6) is 0 Å². The van der Waals surface area contributed by atoms with Crippen molar-refractivity contribution in [1.29, 1.82) is 0 Å². The normalized spacial score (nSPS) is 25.1. The molecule has 0 saturated heterocycles. The molecule has 0 spiro atoms. The fourth-order valence-electron chi connectivity index (χ4n) is 2.06. The predicted octanol–water partition coefficient (Wildman–Crippen LogP) is 1.50. The van der Waals surface area contributed by atoms with Crippen molar-refractivity contribution in [2.75, 3.05) is 0 Å². The third-order valence-electron chi connectivity index (χ3n) is 3.00. The minimum atomic E-state index is -3.57. The van der Waals surface area contributed by atoms with Crippen molar-refractivity contribution in [3.05, 3.63) is 29.3 Å². The maximum Gasteiger partial charge on any atom is 0.242 e. The molecule has 0 radical (unpaired) electrons. The first-order chi connectivity index (χ1) is 8.00. The molecule has 94 valence electrons. The van der Waals surface area contributed by atoms with Crippen molar-refractivity contribution >= 4 is 21.6 Å². The van der Waals surface area contributed by atoms with Crippen molar-refractivity contribution < 1.29 is 8.42 Å². The fourth-order valence-corrected chi connectivity index (χ4v) is 3.90. The quantitative estimate of drug-likeness (QED) is 0.877. The van der Waals surface area contributed by atoms with Crippen LogP contribution in [0.25, 0.3) is 0 Å². The van der Waals surface area contributed by atoms with Gasteiger partial charge in [-0.25, -0.2) is 13.1 Å². The number of hydrogen-bond donors (Lipinski definition) is 2. The van der Waals surface area contributed by atoms with Crippen LogP contribution in [0.15, 0.2) is 29.2 Å². The van der Waals surface area contributed by atoms with E-state index >= 15 is 0 Å². The minimum absolute atomic E-state index is 0.104. The Kier molecular flexibility index (Phi) is 3.73. The number of hydrogen-bond acceptors (Lipinski definition) is 3. The Morgan fingerprint density at radius 2 is 2.00 bits per heavy atom. The van der Waals surface area contributed by atoms with E-state index in [4.69, 9.17) is 17.3 Å². The molecule has 1 saturated carbocycles. The molecule has 1 fully saturated rings. The third-order valence-corrected chi connectivity index (χ3v) is 4.99. The number of nitrogens with one attached hydrogen (secondary N) is 1. The van der Waals surface area contributed by atoms with Crippen LogP contribution in [-0.2, 0) is 10.0 Å². The Labute approximate surface area is 106 Å². The molecule has 2 rings (SSSR count). The molecule has 2 unspecified atom stereocenters. The van der Waals surface area contributed by atoms with Gasteiger partial charge in [-0.1, -0.05) is 30.2 Å². The molecule has 1 aliphatic rings. The zero-order valence-corrected chi connectivity index (χ0v) is 10.8. The van der Waals surface area contributed by atoms with Gasteiger partial charge < -0.3 is 5.73 Å². The van der Waals surface area contributed by atoms with Gasteiger partial charge in [0.2, 0.25) is 10.0 Å². The lowest BCUT2D eigenvalue weighted by Crippen LogP contribution is -2.43. The molecule has 2 atom stereocenters. The Morgan fingerprint density at radius 3 is 2.59 bits per heavy atom. The summed E-state index contributed by atoms with van der Waals surface area (Å²) in [6.07, 6.45) is 2.59. The van der Waals surface area contributed by atoms with Gasteiger partial charge in [0.1, 0.15) is 4.90 Å². The molecule has 0 aliphatic heterocycles. The largest absolute Gasteiger partial charge is 0.326 e. The summed E-state index contributed by atoms with van der Waals surface area (Å²) >= 11 is 5.88. The van der Waals surface area contributed by atoms with E-state index in [1.54, 1.807) is 18.2 Å². The summed E-state index contributed by atoms with van der Waals surface area (Å²) in [5, 5.41) is 0.228. The van der Waals surface area contributed by atoms with E-state index in [9.17, 15) is 8.42 Å². The van der Waals surface area contributed by atoms with Gasteiger partial charge in [-0.3, -0.25) is 0 Å². The Hall–Kier alpha value is -0.620. The summed E-state index contributed by atoms with van der Waals surface area (Å²) in [4.78, 5) is 0.112. The number of sulfonamides is 1. The van der Waals surface area contributed by atoms with Crippen molar-refractivity contribution in [3.63, 3.8) is 0 Å². The van der Waals surface area contributed by atoms with Gasteiger partial charge >= 0.3 is 0 Å². The second-order valence-electron chi connectivity index (χ2n) is 4.25. The van der Waals surface area contributed by atoms with E-state index in [1.165, 1.54) is 6.07 Å². The first kappa shape index (κ1) is 12.8. The maximum absolute atomic E-state index is 12.1. The van der Waals surface area contributed by atoms with E-state index in [0.717, 1.165) is 19.3 Å². The molecule has 17 heavy (non-hydrogen) atoms. The van der Waals surface area contributed by atoms with E-state index in [0.29, 0.717) is 0 Å². The lowest BCUT2D eigenvalue weighted by molar-refractivity contribution is 0.522. The van der Waals surface area contributed by atoms with Crippen LogP contribution in [0.4, 0.5) is 0 Å². The number of benzene rings is 1. The molecular weight excluding hydrogens is 260 g/mol. The molecular formula is C11H15ClN2O2S. The molecule has 1 aromatic carbocycles. The Balaban J connectivity index is 2.22. The van der Waals surface area contributed by atoms with Crippen LogP contribution in [0.3, 0.4) is 0 Å². The van der Waals surface area contributed by atoms with E-state index in [2.05, 4.69) is 4.72 Å². The lowest BCUT2D eigenvalue weighted by atomic mass is 10.2.